The van der Waals surface area contributed by atoms with Crippen molar-refractivity contribution in [2.24, 2.45) is 0 Å². The summed E-state index contributed by atoms with van der Waals surface area (Å²) >= 11 is 9.12. The van der Waals surface area contributed by atoms with E-state index in [1.54, 1.807) is 6.08 Å². The number of hydrogen-bond acceptors (Lipinski definition) is 7. The van der Waals surface area contributed by atoms with Gasteiger partial charge in [-0.3, -0.25) is 14.7 Å². The Balaban J connectivity index is 1.40. The summed E-state index contributed by atoms with van der Waals surface area (Å²) in [6, 6.07) is 7.48. The SMILES string of the molecule is C=CCn1c(SCC(=O)Nc2nnc(C3CCCCC3)s2)nnc1-c1ccccc1Cl. The molecule has 0 saturated heterocycles. The Labute approximate surface area is 194 Å². The second-order valence-electron chi connectivity index (χ2n) is 7.30. The molecule has 3 aromatic rings. The van der Waals surface area contributed by atoms with Gasteiger partial charge in [-0.15, -0.1) is 27.0 Å². The predicted molar refractivity (Wildman–Crippen MR) is 126 cm³/mol. The molecular weight excluding hydrogens is 452 g/mol. The Morgan fingerprint density at radius 1 is 1.23 bits per heavy atom. The number of anilines is 1. The fraction of sp³-hybridized carbons (Fsp3) is 0.381. The van der Waals surface area contributed by atoms with Gasteiger partial charge in [-0.2, -0.15) is 0 Å². The third kappa shape index (κ3) is 5.34. The maximum Gasteiger partial charge on any atom is 0.236 e. The first-order chi connectivity index (χ1) is 15.2. The number of thioether (sulfide) groups is 1. The highest BCUT2D eigenvalue weighted by molar-refractivity contribution is 7.99. The number of hydrogen-bond donors (Lipinski definition) is 1. The van der Waals surface area contributed by atoms with Crippen LogP contribution in [-0.4, -0.2) is 36.6 Å². The number of amides is 1. The minimum absolute atomic E-state index is 0.149. The Hall–Kier alpha value is -2.23. The highest BCUT2D eigenvalue weighted by Gasteiger charge is 2.21. The zero-order chi connectivity index (χ0) is 21.6. The normalized spacial score (nSPS) is 14.5. The summed E-state index contributed by atoms with van der Waals surface area (Å²) in [5, 5.41) is 22.7. The molecule has 2 heterocycles. The number of nitrogens with zero attached hydrogens (tertiary/aromatic N) is 5. The van der Waals surface area contributed by atoms with Crippen molar-refractivity contribution in [3.05, 3.63) is 47.0 Å². The molecule has 0 bridgehead atoms. The van der Waals surface area contributed by atoms with Gasteiger partial charge in [0.25, 0.3) is 0 Å². The maximum absolute atomic E-state index is 12.5. The lowest BCUT2D eigenvalue weighted by molar-refractivity contribution is -0.113. The first kappa shape index (κ1) is 22.0. The monoisotopic (exact) mass is 474 g/mol. The van der Waals surface area contributed by atoms with Crippen LogP contribution in [-0.2, 0) is 11.3 Å². The average molecular weight is 475 g/mol. The van der Waals surface area contributed by atoms with E-state index in [-0.39, 0.29) is 11.7 Å². The van der Waals surface area contributed by atoms with Crippen LogP contribution >= 0.6 is 34.7 Å². The number of allylic oxidation sites excluding steroid dienone is 1. The summed E-state index contributed by atoms with van der Waals surface area (Å²) in [5.74, 6) is 1.17. The summed E-state index contributed by atoms with van der Waals surface area (Å²) < 4.78 is 1.90. The molecule has 1 aliphatic rings. The van der Waals surface area contributed by atoms with Gasteiger partial charge in [-0.1, -0.05) is 72.2 Å². The van der Waals surface area contributed by atoms with Crippen LogP contribution in [0.2, 0.25) is 5.02 Å². The molecule has 1 aliphatic carbocycles. The Kier molecular flexibility index (Phi) is 7.37. The van der Waals surface area contributed by atoms with Crippen molar-refractivity contribution in [1.29, 1.82) is 0 Å². The second-order valence-corrected chi connectivity index (χ2v) is 9.66. The van der Waals surface area contributed by atoms with E-state index in [9.17, 15) is 4.79 Å². The highest BCUT2D eigenvalue weighted by atomic mass is 35.5. The number of carbonyl (C=O) groups is 1. The first-order valence-electron chi connectivity index (χ1n) is 10.2. The second kappa shape index (κ2) is 10.4. The molecule has 0 spiro atoms. The smallest absolute Gasteiger partial charge is 0.236 e. The van der Waals surface area contributed by atoms with Crippen LogP contribution in [0.15, 0.2) is 42.1 Å². The van der Waals surface area contributed by atoms with Crippen LogP contribution in [0.5, 0.6) is 0 Å². The number of nitrogens with one attached hydrogen (secondary N) is 1. The zero-order valence-corrected chi connectivity index (χ0v) is 19.3. The molecule has 1 saturated carbocycles. The topological polar surface area (TPSA) is 85.6 Å². The third-order valence-corrected chi connectivity index (χ3v) is 7.41. The van der Waals surface area contributed by atoms with E-state index >= 15 is 0 Å². The lowest BCUT2D eigenvalue weighted by Crippen LogP contribution is -2.14. The third-order valence-electron chi connectivity index (χ3n) is 5.12. The molecule has 0 unspecified atom stereocenters. The maximum atomic E-state index is 12.5. The summed E-state index contributed by atoms with van der Waals surface area (Å²) in [5.41, 5.74) is 0.791. The lowest BCUT2D eigenvalue weighted by Gasteiger charge is -2.18. The van der Waals surface area contributed by atoms with Crippen LogP contribution in [0.4, 0.5) is 5.13 Å². The highest BCUT2D eigenvalue weighted by Crippen LogP contribution is 2.35. The molecule has 0 radical (unpaired) electrons. The Morgan fingerprint density at radius 3 is 2.81 bits per heavy atom. The molecule has 1 fully saturated rings. The van der Waals surface area contributed by atoms with Gasteiger partial charge in [0.05, 0.1) is 10.8 Å². The molecule has 162 valence electrons. The summed E-state index contributed by atoms with van der Waals surface area (Å²) in [6.45, 7) is 4.33. The van der Waals surface area contributed by atoms with Gasteiger partial charge in [0.1, 0.15) is 5.01 Å². The fourth-order valence-corrected chi connectivity index (χ4v) is 5.51. The molecule has 4 rings (SSSR count). The summed E-state index contributed by atoms with van der Waals surface area (Å²) in [6.07, 6.45) is 7.86. The Morgan fingerprint density at radius 2 is 2.03 bits per heavy atom. The molecule has 1 amide bonds. The van der Waals surface area contributed by atoms with Gasteiger partial charge in [0.15, 0.2) is 11.0 Å². The van der Waals surface area contributed by atoms with Crippen molar-refractivity contribution in [2.75, 3.05) is 11.1 Å². The quantitative estimate of drug-likeness (QED) is 0.347. The number of carbonyl (C=O) groups excluding carboxylic acids is 1. The molecule has 31 heavy (non-hydrogen) atoms. The minimum atomic E-state index is -0.149. The molecule has 0 aliphatic heterocycles. The number of halogens is 1. The average Bonchev–Trinajstić information content (AvgIpc) is 3.41. The molecule has 7 nitrogen and oxygen atoms in total. The standard InChI is InChI=1S/C21H23ClN6OS2/c1-2-12-28-18(15-10-6-7-11-16(15)22)24-27-21(28)30-13-17(29)23-20-26-25-19(31-20)14-8-4-3-5-9-14/h2,6-7,10-11,14H,1,3-5,8-9,12-13H2,(H,23,26,29). The molecular formula is C21H23ClN6OS2. The van der Waals surface area contributed by atoms with Gasteiger partial charge < -0.3 is 0 Å². The molecule has 1 N–H and O–H groups in total. The predicted octanol–water partition coefficient (Wildman–Crippen LogP) is 5.41. The number of aromatic nitrogens is 5. The van der Waals surface area contributed by atoms with Gasteiger partial charge in [0.2, 0.25) is 11.0 Å². The van der Waals surface area contributed by atoms with Crippen molar-refractivity contribution < 1.29 is 4.79 Å². The van der Waals surface area contributed by atoms with Crippen molar-refractivity contribution in [2.45, 2.75) is 49.7 Å². The lowest BCUT2D eigenvalue weighted by atomic mass is 9.90. The Bertz CT molecular complexity index is 1060. The first-order valence-corrected chi connectivity index (χ1v) is 12.4. The van der Waals surface area contributed by atoms with Gasteiger partial charge >= 0.3 is 0 Å². The van der Waals surface area contributed by atoms with Crippen LogP contribution in [0, 0.1) is 0 Å². The number of benzene rings is 1. The van der Waals surface area contributed by atoms with E-state index < -0.39 is 0 Å². The molecule has 0 atom stereocenters. The summed E-state index contributed by atoms with van der Waals surface area (Å²) in [7, 11) is 0. The van der Waals surface area contributed by atoms with Crippen LogP contribution in [0.3, 0.4) is 0 Å². The summed E-state index contributed by atoms with van der Waals surface area (Å²) in [4.78, 5) is 12.5. The van der Waals surface area contributed by atoms with E-state index in [1.807, 2.05) is 28.8 Å². The number of rotatable bonds is 8. The van der Waals surface area contributed by atoms with Crippen LogP contribution < -0.4 is 5.32 Å². The van der Waals surface area contributed by atoms with E-state index in [1.165, 1.54) is 42.4 Å². The molecule has 2 aromatic heterocycles. The van der Waals surface area contributed by atoms with Crippen LogP contribution in [0.25, 0.3) is 11.4 Å². The van der Waals surface area contributed by atoms with Crippen molar-refractivity contribution in [3.63, 3.8) is 0 Å². The van der Waals surface area contributed by atoms with Crippen LogP contribution in [0.1, 0.15) is 43.0 Å². The largest absolute Gasteiger partial charge is 0.300 e. The van der Waals surface area contributed by atoms with E-state index in [0.29, 0.717) is 33.6 Å². The van der Waals surface area contributed by atoms with E-state index in [2.05, 4.69) is 32.3 Å². The minimum Gasteiger partial charge on any atom is -0.300 e. The van der Waals surface area contributed by atoms with Gasteiger partial charge in [-0.05, 0) is 25.0 Å². The van der Waals surface area contributed by atoms with Crippen molar-refractivity contribution in [1.82, 2.24) is 25.0 Å². The van der Waals surface area contributed by atoms with Gasteiger partial charge in [0, 0.05) is 18.0 Å². The molecule has 10 heteroatoms. The molecule has 1 aromatic carbocycles. The van der Waals surface area contributed by atoms with E-state index in [4.69, 9.17) is 11.6 Å². The van der Waals surface area contributed by atoms with Crippen molar-refractivity contribution >= 4 is 45.7 Å². The van der Waals surface area contributed by atoms with E-state index in [0.717, 1.165) is 23.4 Å². The fourth-order valence-electron chi connectivity index (χ4n) is 3.62. The van der Waals surface area contributed by atoms with Crippen molar-refractivity contribution in [3.8, 4) is 11.4 Å². The zero-order valence-electron chi connectivity index (χ0n) is 17.0. The van der Waals surface area contributed by atoms with Gasteiger partial charge in [-0.25, -0.2) is 0 Å².